The highest BCUT2D eigenvalue weighted by molar-refractivity contribution is 5.70. The van der Waals surface area contributed by atoms with Gasteiger partial charge in [-0.3, -0.25) is 4.79 Å². The van der Waals surface area contributed by atoms with Crippen LogP contribution in [0.15, 0.2) is 30.4 Å². The average Bonchev–Trinajstić information content (AvgIpc) is 2.56. The number of fused-ring (bicyclic) bond motifs is 1. The minimum Gasteiger partial charge on any atom is -0.508 e. The lowest BCUT2D eigenvalue weighted by atomic mass is 9.46. The molecule has 1 aromatic carbocycles. The van der Waals surface area contributed by atoms with Gasteiger partial charge in [0, 0.05) is 6.92 Å². The van der Waals surface area contributed by atoms with Crippen LogP contribution in [0.2, 0.25) is 0 Å². The van der Waals surface area contributed by atoms with Crippen LogP contribution in [0.4, 0.5) is 0 Å². The Morgan fingerprint density at radius 2 is 2.08 bits per heavy atom. The van der Waals surface area contributed by atoms with Gasteiger partial charge in [0.2, 0.25) is 0 Å². The van der Waals surface area contributed by atoms with E-state index >= 15 is 0 Å². The van der Waals surface area contributed by atoms with Gasteiger partial charge in [0.25, 0.3) is 0 Å². The first-order chi connectivity index (χ1) is 12.2. The van der Waals surface area contributed by atoms with Crippen LogP contribution >= 0.6 is 0 Å². The molecule has 26 heavy (non-hydrogen) atoms. The van der Waals surface area contributed by atoms with E-state index < -0.39 is 0 Å². The van der Waals surface area contributed by atoms with Crippen LogP contribution in [-0.2, 0) is 11.2 Å². The van der Waals surface area contributed by atoms with E-state index in [1.165, 1.54) is 38.2 Å². The van der Waals surface area contributed by atoms with E-state index in [9.17, 15) is 9.90 Å². The van der Waals surface area contributed by atoms with E-state index in [0.717, 1.165) is 18.4 Å². The Morgan fingerprint density at radius 1 is 1.35 bits per heavy atom. The van der Waals surface area contributed by atoms with Crippen molar-refractivity contribution >= 4 is 5.97 Å². The van der Waals surface area contributed by atoms with Crippen molar-refractivity contribution in [3.05, 3.63) is 35.9 Å². The summed E-state index contributed by atoms with van der Waals surface area (Å²) in [6.45, 7) is 13.0. The predicted octanol–water partition coefficient (Wildman–Crippen LogP) is 5.66. The fourth-order valence-electron chi connectivity index (χ4n) is 5.63. The number of benzene rings is 1. The molecule has 1 aromatic rings. The van der Waals surface area contributed by atoms with Crippen LogP contribution in [0, 0.1) is 22.7 Å². The smallest absolute Gasteiger partial charge is 0.308 e. The molecule has 3 nitrogen and oxygen atoms in total. The predicted molar refractivity (Wildman–Crippen MR) is 104 cm³/mol. The number of phenolic OH excluding ortho intramolecular Hbond substituents is 1. The van der Waals surface area contributed by atoms with Gasteiger partial charge in [-0.05, 0) is 85.0 Å². The molecular weight excluding hydrogens is 324 g/mol. The Morgan fingerprint density at radius 3 is 2.77 bits per heavy atom. The lowest BCUT2D eigenvalue weighted by Crippen LogP contribution is -2.51. The molecule has 0 radical (unpaired) electrons. The number of hydrogen-bond donors (Lipinski definition) is 1. The zero-order valence-electron chi connectivity index (χ0n) is 16.6. The van der Waals surface area contributed by atoms with Crippen molar-refractivity contribution in [3.63, 3.8) is 0 Å². The van der Waals surface area contributed by atoms with E-state index in [-0.39, 0.29) is 22.5 Å². The van der Waals surface area contributed by atoms with Crippen LogP contribution in [0.3, 0.4) is 0 Å². The maximum atomic E-state index is 11.5. The number of esters is 1. The number of phenols is 1. The van der Waals surface area contributed by atoms with Gasteiger partial charge in [-0.25, -0.2) is 0 Å². The minimum absolute atomic E-state index is 0.0824. The highest BCUT2D eigenvalue weighted by Gasteiger charge is 2.54. The number of allylic oxidation sites excluding steroid dienone is 1. The van der Waals surface area contributed by atoms with E-state index in [1.54, 1.807) is 18.2 Å². The Kier molecular flexibility index (Phi) is 4.94. The molecule has 3 heteroatoms. The zero-order valence-corrected chi connectivity index (χ0v) is 16.6. The molecule has 0 heterocycles. The van der Waals surface area contributed by atoms with Crippen molar-refractivity contribution in [2.45, 2.75) is 66.2 Å². The van der Waals surface area contributed by atoms with Crippen molar-refractivity contribution in [1.29, 1.82) is 0 Å². The fraction of sp³-hybridized carbons (Fsp3) is 0.609. The minimum atomic E-state index is -0.324. The molecule has 2 fully saturated rings. The molecule has 142 valence electrons. The average molecular weight is 357 g/mol. The highest BCUT2D eigenvalue weighted by Crippen LogP contribution is 2.62. The van der Waals surface area contributed by atoms with Crippen LogP contribution in [0.25, 0.3) is 0 Å². The molecule has 2 saturated carbocycles. The summed E-state index contributed by atoms with van der Waals surface area (Å²) in [4.78, 5) is 11.5. The third kappa shape index (κ3) is 3.17. The van der Waals surface area contributed by atoms with Crippen molar-refractivity contribution in [1.82, 2.24) is 0 Å². The first-order valence-electron chi connectivity index (χ1n) is 9.85. The number of carbonyl (C=O) groups excluding carboxylic acids is 1. The van der Waals surface area contributed by atoms with Crippen LogP contribution in [-0.4, -0.2) is 11.1 Å². The normalized spacial score (nSPS) is 34.2. The standard InChI is InChI=1S/C23H32O3/c1-15-7-6-8-21-22(15,4)12-11-16(2)23(21,5)14-18-13-19(25)9-10-20(18)26-17(3)24/h9-10,13,16,21,25H,1,6-8,11-12,14H2,2-5H3/t16-,21+,22+,23+/m0/s1. The molecule has 2 aliphatic carbocycles. The van der Waals surface area contributed by atoms with Gasteiger partial charge in [-0.1, -0.05) is 32.9 Å². The largest absolute Gasteiger partial charge is 0.508 e. The molecule has 0 saturated heterocycles. The topological polar surface area (TPSA) is 46.5 Å². The second-order valence-corrected chi connectivity index (χ2v) is 8.97. The van der Waals surface area contributed by atoms with Gasteiger partial charge in [-0.2, -0.15) is 0 Å². The van der Waals surface area contributed by atoms with Crippen LogP contribution < -0.4 is 4.74 Å². The molecule has 0 spiro atoms. The summed E-state index contributed by atoms with van der Waals surface area (Å²) in [6.07, 6.45) is 6.77. The van der Waals surface area contributed by atoms with Gasteiger partial charge in [-0.15, -0.1) is 0 Å². The lowest BCUT2D eigenvalue weighted by Gasteiger charge is -2.59. The molecule has 3 rings (SSSR count). The maximum Gasteiger partial charge on any atom is 0.308 e. The first-order valence-corrected chi connectivity index (χ1v) is 9.85. The molecule has 0 amide bonds. The third-order valence-electron chi connectivity index (χ3n) is 7.44. The van der Waals surface area contributed by atoms with Gasteiger partial charge >= 0.3 is 5.97 Å². The summed E-state index contributed by atoms with van der Waals surface area (Å²) in [5, 5.41) is 10.0. The molecule has 1 N–H and O–H groups in total. The summed E-state index contributed by atoms with van der Waals surface area (Å²) >= 11 is 0. The molecular formula is C23H32O3. The second-order valence-electron chi connectivity index (χ2n) is 8.97. The second kappa shape index (κ2) is 6.75. The van der Waals surface area contributed by atoms with Crippen molar-refractivity contribution in [2.24, 2.45) is 22.7 Å². The number of aromatic hydroxyl groups is 1. The quantitative estimate of drug-likeness (QED) is 0.432. The Bertz CT molecular complexity index is 722. The van der Waals surface area contributed by atoms with Crippen molar-refractivity contribution in [2.75, 3.05) is 0 Å². The first kappa shape index (κ1) is 19.0. The zero-order chi connectivity index (χ0) is 19.1. The summed E-state index contributed by atoms with van der Waals surface area (Å²) in [5.74, 6) is 1.60. The van der Waals surface area contributed by atoms with Crippen molar-refractivity contribution < 1.29 is 14.6 Å². The summed E-state index contributed by atoms with van der Waals surface area (Å²) < 4.78 is 5.44. The number of carbonyl (C=O) groups is 1. The van der Waals surface area contributed by atoms with E-state index in [1.807, 2.05) is 0 Å². The van der Waals surface area contributed by atoms with Gasteiger partial charge in [0.05, 0.1) is 0 Å². The molecule has 0 bridgehead atoms. The van der Waals surface area contributed by atoms with Crippen molar-refractivity contribution in [3.8, 4) is 11.5 Å². The van der Waals surface area contributed by atoms with Gasteiger partial charge in [0.1, 0.15) is 11.5 Å². The summed E-state index contributed by atoms with van der Waals surface area (Å²) in [5.41, 5.74) is 2.61. The monoisotopic (exact) mass is 356 g/mol. The number of rotatable bonds is 3. The van der Waals surface area contributed by atoms with E-state index in [4.69, 9.17) is 4.74 Å². The van der Waals surface area contributed by atoms with E-state index in [2.05, 4.69) is 27.4 Å². The maximum absolute atomic E-state index is 11.5. The summed E-state index contributed by atoms with van der Waals surface area (Å²) in [6, 6.07) is 5.06. The van der Waals surface area contributed by atoms with Crippen LogP contribution in [0.1, 0.15) is 65.4 Å². The van der Waals surface area contributed by atoms with E-state index in [0.29, 0.717) is 17.6 Å². The SMILES string of the molecule is C=C1CCC[C@H]2[C@](C)(Cc3cc(O)ccc3OC(C)=O)[C@@H](C)CC[C@]12C. The Balaban J connectivity index is 2.00. The Labute approximate surface area is 157 Å². The summed E-state index contributed by atoms with van der Waals surface area (Å²) in [7, 11) is 0. The van der Waals surface area contributed by atoms with Gasteiger partial charge < -0.3 is 9.84 Å². The molecule has 0 unspecified atom stereocenters. The number of hydrogen-bond acceptors (Lipinski definition) is 3. The van der Waals surface area contributed by atoms with Gasteiger partial charge in [0.15, 0.2) is 0 Å². The lowest BCUT2D eigenvalue weighted by molar-refractivity contribution is -0.132. The molecule has 0 aromatic heterocycles. The fourth-order valence-corrected chi connectivity index (χ4v) is 5.63. The Hall–Kier alpha value is -1.77. The molecule has 4 atom stereocenters. The van der Waals surface area contributed by atoms with Crippen LogP contribution in [0.5, 0.6) is 11.5 Å². The highest BCUT2D eigenvalue weighted by atomic mass is 16.5. The third-order valence-corrected chi connectivity index (χ3v) is 7.44. The molecule has 0 aliphatic heterocycles. The number of ether oxygens (including phenoxy) is 1. The molecule has 2 aliphatic rings.